The van der Waals surface area contributed by atoms with Gasteiger partial charge in [0.2, 0.25) is 0 Å². The van der Waals surface area contributed by atoms with E-state index >= 15 is 0 Å². The summed E-state index contributed by atoms with van der Waals surface area (Å²) in [5.74, 6) is 0.441. The third kappa shape index (κ3) is 5.54. The number of rotatable bonds is 6. The van der Waals surface area contributed by atoms with Gasteiger partial charge in [-0.05, 0) is 58.2 Å². The molecule has 0 radical (unpaired) electrons. The van der Waals surface area contributed by atoms with E-state index in [1.165, 1.54) is 0 Å². The minimum atomic E-state index is -1.07. The lowest BCUT2D eigenvalue weighted by molar-refractivity contribution is -0.161. The number of nitrogens with one attached hydrogen (secondary N) is 1. The summed E-state index contributed by atoms with van der Waals surface area (Å²) in [6, 6.07) is 5.37. The predicted molar refractivity (Wildman–Crippen MR) is 95.3 cm³/mol. The fourth-order valence-corrected chi connectivity index (χ4v) is 2.49. The van der Waals surface area contributed by atoms with Gasteiger partial charge in [-0.1, -0.05) is 13.0 Å². The molecule has 1 aromatic carbocycles. The molecule has 7 nitrogen and oxygen atoms in total. The van der Waals surface area contributed by atoms with E-state index in [4.69, 9.17) is 18.9 Å². The number of carbonyl (C=O) groups is 2. The number of carbonyl (C=O) groups excluding carboxylic acids is 2. The summed E-state index contributed by atoms with van der Waals surface area (Å²) in [7, 11) is 0. The topological polar surface area (TPSA) is 83.1 Å². The summed E-state index contributed by atoms with van der Waals surface area (Å²) in [6.07, 6.45) is -0.148. The van der Waals surface area contributed by atoms with Crippen molar-refractivity contribution in [3.8, 4) is 11.5 Å². The first kappa shape index (κ1) is 19.9. The number of benzene rings is 1. The maximum Gasteiger partial charge on any atom is 0.407 e. The molecule has 1 aliphatic rings. The molecule has 0 spiro atoms. The first-order valence-electron chi connectivity index (χ1n) is 8.84. The predicted octanol–water partition coefficient (Wildman–Crippen LogP) is 3.19. The van der Waals surface area contributed by atoms with Gasteiger partial charge >= 0.3 is 18.4 Å². The SMILES string of the molecule is CCOC(=O)C1Oc2ccc(CC(CC)NC(=O)OC(C)(C)C)cc2O1. The van der Waals surface area contributed by atoms with Gasteiger partial charge in [0, 0.05) is 6.04 Å². The molecule has 1 amide bonds. The second-order valence-electron chi connectivity index (χ2n) is 7.06. The number of hydrogen-bond acceptors (Lipinski definition) is 6. The third-order valence-corrected chi connectivity index (χ3v) is 3.65. The summed E-state index contributed by atoms with van der Waals surface area (Å²) in [6.45, 7) is 9.45. The Morgan fingerprint density at radius 3 is 2.50 bits per heavy atom. The average molecular weight is 365 g/mol. The number of esters is 1. The summed E-state index contributed by atoms with van der Waals surface area (Å²) in [5, 5.41) is 2.88. The fraction of sp³-hybridized carbons (Fsp3) is 0.579. The number of fused-ring (bicyclic) bond motifs is 1. The van der Waals surface area contributed by atoms with Crippen LogP contribution in [0.3, 0.4) is 0 Å². The van der Waals surface area contributed by atoms with Crippen LogP contribution in [0.1, 0.15) is 46.6 Å². The lowest BCUT2D eigenvalue weighted by Gasteiger charge is -2.23. The molecule has 7 heteroatoms. The second kappa shape index (κ2) is 8.29. The van der Waals surface area contributed by atoms with Gasteiger partial charge in [0.25, 0.3) is 0 Å². The van der Waals surface area contributed by atoms with E-state index in [9.17, 15) is 9.59 Å². The summed E-state index contributed by atoms with van der Waals surface area (Å²) < 4.78 is 21.2. The Bertz CT molecular complexity index is 652. The van der Waals surface area contributed by atoms with E-state index in [1.807, 2.05) is 39.8 Å². The minimum Gasteiger partial charge on any atom is -0.460 e. The van der Waals surface area contributed by atoms with Crippen LogP contribution in [0.5, 0.6) is 11.5 Å². The van der Waals surface area contributed by atoms with Gasteiger partial charge < -0.3 is 24.3 Å². The molecule has 1 N–H and O–H groups in total. The normalized spacial score (nSPS) is 16.7. The van der Waals surface area contributed by atoms with Crippen molar-refractivity contribution in [1.29, 1.82) is 0 Å². The van der Waals surface area contributed by atoms with Crippen molar-refractivity contribution in [2.45, 2.75) is 65.4 Å². The van der Waals surface area contributed by atoms with Gasteiger partial charge in [0.1, 0.15) is 5.60 Å². The Hall–Kier alpha value is -2.44. The number of alkyl carbamates (subject to hydrolysis) is 1. The van der Waals surface area contributed by atoms with E-state index in [-0.39, 0.29) is 12.6 Å². The highest BCUT2D eigenvalue weighted by Gasteiger charge is 2.32. The summed E-state index contributed by atoms with van der Waals surface area (Å²) >= 11 is 0. The first-order valence-corrected chi connectivity index (χ1v) is 8.84. The van der Waals surface area contributed by atoms with E-state index in [2.05, 4.69) is 5.32 Å². The van der Waals surface area contributed by atoms with Gasteiger partial charge in [-0.25, -0.2) is 9.59 Å². The van der Waals surface area contributed by atoms with E-state index < -0.39 is 24.0 Å². The van der Waals surface area contributed by atoms with Crippen molar-refractivity contribution >= 4 is 12.1 Å². The van der Waals surface area contributed by atoms with Crippen molar-refractivity contribution in [1.82, 2.24) is 5.32 Å². The maximum absolute atomic E-state index is 12.0. The Labute approximate surface area is 153 Å². The van der Waals surface area contributed by atoms with Crippen molar-refractivity contribution in [2.75, 3.05) is 6.61 Å². The van der Waals surface area contributed by atoms with Crippen LogP contribution >= 0.6 is 0 Å². The molecular weight excluding hydrogens is 338 g/mol. The Morgan fingerprint density at radius 2 is 1.88 bits per heavy atom. The van der Waals surface area contributed by atoms with E-state index in [1.54, 1.807) is 13.0 Å². The zero-order valence-corrected chi connectivity index (χ0v) is 16.0. The molecule has 0 aromatic heterocycles. The van der Waals surface area contributed by atoms with Gasteiger partial charge in [-0.15, -0.1) is 0 Å². The molecule has 1 aliphatic heterocycles. The quantitative estimate of drug-likeness (QED) is 0.780. The van der Waals surface area contributed by atoms with E-state index in [0.29, 0.717) is 17.9 Å². The van der Waals surface area contributed by atoms with Gasteiger partial charge in [0.15, 0.2) is 11.5 Å². The van der Waals surface area contributed by atoms with Gasteiger partial charge in [-0.2, -0.15) is 0 Å². The van der Waals surface area contributed by atoms with Crippen LogP contribution in [0.2, 0.25) is 0 Å². The molecule has 2 unspecified atom stereocenters. The standard InChI is InChI=1S/C19H27NO6/c1-6-13(20-18(22)26-19(3,4)5)10-12-8-9-14-15(11-12)25-17(24-14)16(21)23-7-2/h8-9,11,13,17H,6-7,10H2,1-5H3,(H,20,22). The molecule has 1 heterocycles. The van der Waals surface area contributed by atoms with Crippen LogP contribution in [0.4, 0.5) is 4.79 Å². The number of amides is 1. The monoisotopic (exact) mass is 365 g/mol. The van der Waals surface area contributed by atoms with Crippen LogP contribution in [-0.2, 0) is 20.7 Å². The molecule has 144 valence electrons. The first-order chi connectivity index (χ1) is 12.2. The van der Waals surface area contributed by atoms with Crippen LogP contribution < -0.4 is 14.8 Å². The van der Waals surface area contributed by atoms with Crippen molar-refractivity contribution in [3.63, 3.8) is 0 Å². The molecule has 0 fully saturated rings. The second-order valence-corrected chi connectivity index (χ2v) is 7.06. The average Bonchev–Trinajstić information content (AvgIpc) is 2.96. The number of ether oxygens (including phenoxy) is 4. The minimum absolute atomic E-state index is 0.0777. The van der Waals surface area contributed by atoms with Crippen molar-refractivity contribution in [2.24, 2.45) is 0 Å². The Balaban J connectivity index is 1.97. The molecule has 2 rings (SSSR count). The third-order valence-electron chi connectivity index (χ3n) is 3.65. The molecular formula is C19H27NO6. The van der Waals surface area contributed by atoms with Crippen LogP contribution in [0, 0.1) is 0 Å². The summed E-state index contributed by atoms with van der Waals surface area (Å²) in [4.78, 5) is 23.7. The van der Waals surface area contributed by atoms with Crippen LogP contribution in [-0.4, -0.2) is 36.6 Å². The number of hydrogen-bond donors (Lipinski definition) is 1. The lowest BCUT2D eigenvalue weighted by Crippen LogP contribution is -2.39. The maximum atomic E-state index is 12.0. The molecule has 0 saturated heterocycles. The fourth-order valence-electron chi connectivity index (χ4n) is 2.49. The van der Waals surface area contributed by atoms with Gasteiger partial charge in [-0.3, -0.25) is 0 Å². The molecule has 0 saturated carbocycles. The van der Waals surface area contributed by atoms with E-state index in [0.717, 1.165) is 12.0 Å². The largest absolute Gasteiger partial charge is 0.460 e. The Kier molecular flexibility index (Phi) is 6.34. The zero-order valence-electron chi connectivity index (χ0n) is 16.0. The smallest absolute Gasteiger partial charge is 0.407 e. The van der Waals surface area contributed by atoms with Crippen LogP contribution in [0.25, 0.3) is 0 Å². The van der Waals surface area contributed by atoms with Crippen LogP contribution in [0.15, 0.2) is 18.2 Å². The molecule has 1 aromatic rings. The molecule has 0 aliphatic carbocycles. The molecule has 26 heavy (non-hydrogen) atoms. The lowest BCUT2D eigenvalue weighted by atomic mass is 10.0. The van der Waals surface area contributed by atoms with Gasteiger partial charge in [0.05, 0.1) is 6.61 Å². The summed E-state index contributed by atoms with van der Waals surface area (Å²) in [5.41, 5.74) is 0.420. The highest BCUT2D eigenvalue weighted by Crippen LogP contribution is 2.36. The van der Waals surface area contributed by atoms with Crippen molar-refractivity contribution in [3.05, 3.63) is 23.8 Å². The Morgan fingerprint density at radius 1 is 1.19 bits per heavy atom. The van der Waals surface area contributed by atoms with Crippen molar-refractivity contribution < 1.29 is 28.5 Å². The molecule has 2 atom stereocenters. The highest BCUT2D eigenvalue weighted by atomic mass is 16.7. The molecule has 0 bridgehead atoms. The highest BCUT2D eigenvalue weighted by molar-refractivity contribution is 5.75. The zero-order chi connectivity index (χ0) is 19.3.